The lowest BCUT2D eigenvalue weighted by Gasteiger charge is -2.31. The molecule has 28 heavy (non-hydrogen) atoms. The molecular formula is C23H28N2O3. The predicted octanol–water partition coefficient (Wildman–Crippen LogP) is 3.54. The molecule has 1 N–H and O–H groups in total. The van der Waals surface area contributed by atoms with E-state index in [0.29, 0.717) is 30.0 Å². The van der Waals surface area contributed by atoms with Crippen molar-refractivity contribution in [1.29, 1.82) is 0 Å². The number of ether oxygens (including phenoxy) is 1. The number of nitrogens with one attached hydrogen (secondary N) is 1. The number of carbonyl (C=O) groups excluding carboxylic acids is 2. The predicted molar refractivity (Wildman–Crippen MR) is 110 cm³/mol. The zero-order valence-corrected chi connectivity index (χ0v) is 16.6. The Hall–Kier alpha value is -2.82. The molecule has 0 spiro atoms. The van der Waals surface area contributed by atoms with E-state index < -0.39 is 0 Å². The number of rotatable bonds is 6. The first-order valence-corrected chi connectivity index (χ1v) is 9.87. The second-order valence-electron chi connectivity index (χ2n) is 7.44. The van der Waals surface area contributed by atoms with Gasteiger partial charge in [0.15, 0.2) is 0 Å². The molecule has 148 valence electrons. The normalized spacial score (nSPS) is 16.5. The van der Waals surface area contributed by atoms with E-state index in [2.05, 4.69) is 12.2 Å². The average Bonchev–Trinajstić information content (AvgIpc) is 2.73. The van der Waals surface area contributed by atoms with E-state index in [-0.39, 0.29) is 11.8 Å². The smallest absolute Gasteiger partial charge is 0.253 e. The van der Waals surface area contributed by atoms with Gasteiger partial charge in [0.05, 0.1) is 7.11 Å². The molecule has 0 aliphatic carbocycles. The van der Waals surface area contributed by atoms with Gasteiger partial charge < -0.3 is 15.0 Å². The molecule has 1 unspecified atom stereocenters. The van der Waals surface area contributed by atoms with Gasteiger partial charge in [-0.25, -0.2) is 0 Å². The van der Waals surface area contributed by atoms with Crippen LogP contribution in [0.3, 0.4) is 0 Å². The van der Waals surface area contributed by atoms with Crippen molar-refractivity contribution in [3.05, 3.63) is 65.2 Å². The van der Waals surface area contributed by atoms with Crippen molar-refractivity contribution in [3.63, 3.8) is 0 Å². The number of piperidine rings is 1. The quantitative estimate of drug-likeness (QED) is 0.834. The first kappa shape index (κ1) is 19.9. The summed E-state index contributed by atoms with van der Waals surface area (Å²) in [5.74, 6) is 1.19. The number of hydrogen-bond donors (Lipinski definition) is 1. The zero-order valence-electron chi connectivity index (χ0n) is 16.6. The van der Waals surface area contributed by atoms with Gasteiger partial charge >= 0.3 is 0 Å². The fourth-order valence-corrected chi connectivity index (χ4v) is 3.60. The Labute approximate surface area is 166 Å². The largest absolute Gasteiger partial charge is 0.497 e. The maximum Gasteiger partial charge on any atom is 0.253 e. The van der Waals surface area contributed by atoms with E-state index >= 15 is 0 Å². The molecule has 5 nitrogen and oxygen atoms in total. The van der Waals surface area contributed by atoms with E-state index in [1.54, 1.807) is 31.4 Å². The molecule has 5 heteroatoms. The third kappa shape index (κ3) is 5.12. The van der Waals surface area contributed by atoms with Gasteiger partial charge in [-0.15, -0.1) is 0 Å². The van der Waals surface area contributed by atoms with Crippen molar-refractivity contribution < 1.29 is 14.3 Å². The summed E-state index contributed by atoms with van der Waals surface area (Å²) >= 11 is 0. The topological polar surface area (TPSA) is 58.6 Å². The third-order valence-corrected chi connectivity index (χ3v) is 5.15. The molecule has 0 bridgehead atoms. The Kier molecular flexibility index (Phi) is 6.69. The van der Waals surface area contributed by atoms with Crippen LogP contribution in [-0.2, 0) is 6.42 Å². The summed E-state index contributed by atoms with van der Waals surface area (Å²) in [6.07, 6.45) is 2.92. The van der Waals surface area contributed by atoms with Gasteiger partial charge in [0.2, 0.25) is 0 Å². The lowest BCUT2D eigenvalue weighted by Crippen LogP contribution is -2.39. The van der Waals surface area contributed by atoms with E-state index in [9.17, 15) is 9.59 Å². The van der Waals surface area contributed by atoms with E-state index in [4.69, 9.17) is 4.74 Å². The van der Waals surface area contributed by atoms with Crippen molar-refractivity contribution in [3.8, 4) is 5.75 Å². The Morgan fingerprint density at radius 1 is 1.14 bits per heavy atom. The average molecular weight is 380 g/mol. The Balaban J connectivity index is 1.58. The summed E-state index contributed by atoms with van der Waals surface area (Å²) in [6, 6.07) is 14.8. The van der Waals surface area contributed by atoms with Gasteiger partial charge in [0.1, 0.15) is 5.75 Å². The van der Waals surface area contributed by atoms with Gasteiger partial charge in [-0.05, 0) is 61.1 Å². The summed E-state index contributed by atoms with van der Waals surface area (Å²) < 4.78 is 5.22. The first-order valence-electron chi connectivity index (χ1n) is 9.87. The molecule has 1 atom stereocenters. The number of methoxy groups -OCH3 is 1. The highest BCUT2D eigenvalue weighted by molar-refractivity contribution is 5.99. The highest BCUT2D eigenvalue weighted by Crippen LogP contribution is 2.18. The number of carbonyl (C=O) groups is 2. The fourth-order valence-electron chi connectivity index (χ4n) is 3.60. The van der Waals surface area contributed by atoms with E-state index in [1.165, 1.54) is 6.42 Å². The van der Waals surface area contributed by atoms with Crippen molar-refractivity contribution in [2.75, 3.05) is 26.7 Å². The van der Waals surface area contributed by atoms with Crippen LogP contribution in [0.1, 0.15) is 46.0 Å². The van der Waals surface area contributed by atoms with Crippen molar-refractivity contribution in [2.24, 2.45) is 5.92 Å². The standard InChI is InChI=1S/C23H28N2O3/c1-17-6-5-13-25(16-17)23(27)20-9-4-8-19(15-20)22(26)24-12-11-18-7-3-10-21(14-18)28-2/h3-4,7-10,14-15,17H,5-6,11-13,16H2,1-2H3,(H,24,26). The second kappa shape index (κ2) is 9.40. The molecule has 3 rings (SSSR count). The van der Waals surface area contributed by atoms with Crippen LogP contribution in [0, 0.1) is 5.92 Å². The maximum atomic E-state index is 12.8. The summed E-state index contributed by atoms with van der Waals surface area (Å²) in [6.45, 7) is 4.27. The van der Waals surface area contributed by atoms with Gasteiger partial charge in [-0.1, -0.05) is 25.1 Å². The van der Waals surface area contributed by atoms with Crippen LogP contribution in [0.4, 0.5) is 0 Å². The van der Waals surface area contributed by atoms with E-state index in [1.807, 2.05) is 29.2 Å². The maximum absolute atomic E-state index is 12.8. The summed E-state index contributed by atoms with van der Waals surface area (Å²) in [5.41, 5.74) is 2.19. The van der Waals surface area contributed by atoms with Crippen molar-refractivity contribution in [2.45, 2.75) is 26.2 Å². The second-order valence-corrected chi connectivity index (χ2v) is 7.44. The van der Waals surface area contributed by atoms with Gasteiger partial charge in [-0.2, -0.15) is 0 Å². The summed E-state index contributed by atoms with van der Waals surface area (Å²) in [7, 11) is 1.64. The number of hydrogen-bond acceptors (Lipinski definition) is 3. The Morgan fingerprint density at radius 3 is 2.71 bits per heavy atom. The highest BCUT2D eigenvalue weighted by Gasteiger charge is 2.22. The number of nitrogens with zero attached hydrogens (tertiary/aromatic N) is 1. The molecule has 1 fully saturated rings. The van der Waals surface area contributed by atoms with Crippen LogP contribution in [0.25, 0.3) is 0 Å². The zero-order chi connectivity index (χ0) is 19.9. The molecule has 1 aliphatic heterocycles. The highest BCUT2D eigenvalue weighted by atomic mass is 16.5. The van der Waals surface area contributed by atoms with Gasteiger partial charge in [0, 0.05) is 30.8 Å². The molecule has 2 aromatic carbocycles. The summed E-state index contributed by atoms with van der Waals surface area (Å²) in [4.78, 5) is 27.2. The molecule has 0 radical (unpaired) electrons. The molecule has 1 heterocycles. The fraction of sp³-hybridized carbons (Fsp3) is 0.391. The molecule has 1 saturated heterocycles. The lowest BCUT2D eigenvalue weighted by molar-refractivity contribution is 0.0683. The minimum Gasteiger partial charge on any atom is -0.497 e. The molecule has 2 amide bonds. The molecule has 1 aliphatic rings. The Morgan fingerprint density at radius 2 is 1.93 bits per heavy atom. The van der Waals surface area contributed by atoms with Crippen molar-refractivity contribution >= 4 is 11.8 Å². The summed E-state index contributed by atoms with van der Waals surface area (Å²) in [5, 5.41) is 2.93. The molecule has 0 saturated carbocycles. The lowest BCUT2D eigenvalue weighted by atomic mass is 9.99. The SMILES string of the molecule is COc1cccc(CCNC(=O)c2cccc(C(=O)N3CCCC(C)C3)c2)c1. The first-order chi connectivity index (χ1) is 13.6. The molecule has 2 aromatic rings. The minimum atomic E-state index is -0.162. The van der Waals surface area contributed by atoms with Crippen LogP contribution >= 0.6 is 0 Å². The number of amides is 2. The van der Waals surface area contributed by atoms with Crippen LogP contribution in [0.2, 0.25) is 0 Å². The minimum absolute atomic E-state index is 0.0116. The molecule has 0 aromatic heterocycles. The Bertz CT molecular complexity index is 834. The van der Waals surface area contributed by atoms with Crippen LogP contribution in [0.5, 0.6) is 5.75 Å². The third-order valence-electron chi connectivity index (χ3n) is 5.15. The number of benzene rings is 2. The monoisotopic (exact) mass is 380 g/mol. The van der Waals surface area contributed by atoms with Crippen LogP contribution in [-0.4, -0.2) is 43.5 Å². The van der Waals surface area contributed by atoms with Crippen molar-refractivity contribution in [1.82, 2.24) is 10.2 Å². The van der Waals surface area contributed by atoms with Gasteiger partial charge in [0.25, 0.3) is 11.8 Å². The van der Waals surface area contributed by atoms with Crippen LogP contribution in [0.15, 0.2) is 48.5 Å². The number of likely N-dealkylation sites (tertiary alicyclic amines) is 1. The van der Waals surface area contributed by atoms with Crippen LogP contribution < -0.4 is 10.1 Å². The van der Waals surface area contributed by atoms with Gasteiger partial charge in [-0.3, -0.25) is 9.59 Å². The van der Waals surface area contributed by atoms with E-state index in [0.717, 1.165) is 30.8 Å². The molecular weight excluding hydrogens is 352 g/mol.